The molecule has 0 saturated carbocycles. The number of anilines is 1. The minimum atomic E-state index is 0.610. The number of benzene rings is 1. The lowest BCUT2D eigenvalue weighted by Gasteiger charge is -2.11. The SMILES string of the molecule is ONN(Cl)c1ccc(Cl)cc1. The molecule has 3 nitrogen and oxygen atoms in total. The molecule has 0 aliphatic rings. The highest BCUT2D eigenvalue weighted by atomic mass is 35.5. The van der Waals surface area contributed by atoms with Crippen LogP contribution in [0.25, 0.3) is 0 Å². The number of hydrogen-bond donors (Lipinski definition) is 2. The van der Waals surface area contributed by atoms with E-state index in [0.29, 0.717) is 10.7 Å². The van der Waals surface area contributed by atoms with Gasteiger partial charge in [0.2, 0.25) is 0 Å². The molecule has 1 aromatic rings. The summed E-state index contributed by atoms with van der Waals surface area (Å²) in [5, 5.41) is 8.99. The van der Waals surface area contributed by atoms with Crippen molar-refractivity contribution in [3.63, 3.8) is 0 Å². The van der Waals surface area contributed by atoms with Crippen molar-refractivity contribution in [3.05, 3.63) is 29.3 Å². The van der Waals surface area contributed by atoms with E-state index in [1.165, 1.54) is 0 Å². The number of hydrogen-bond acceptors (Lipinski definition) is 3. The van der Waals surface area contributed by atoms with Crippen molar-refractivity contribution in [1.82, 2.24) is 5.59 Å². The topological polar surface area (TPSA) is 35.5 Å². The lowest BCUT2D eigenvalue weighted by atomic mass is 10.3. The van der Waals surface area contributed by atoms with E-state index in [-0.39, 0.29) is 0 Å². The largest absolute Gasteiger partial charge is 0.296 e. The Morgan fingerprint density at radius 3 is 2.27 bits per heavy atom. The van der Waals surface area contributed by atoms with Crippen LogP contribution in [-0.2, 0) is 0 Å². The highest BCUT2D eigenvalue weighted by Gasteiger charge is 1.98. The van der Waals surface area contributed by atoms with E-state index < -0.39 is 0 Å². The summed E-state index contributed by atoms with van der Waals surface area (Å²) in [6, 6.07) is 6.67. The average Bonchev–Trinajstić information content (AvgIpc) is 2.05. The Kier molecular flexibility index (Phi) is 2.96. The van der Waals surface area contributed by atoms with Crippen LogP contribution in [0, 0.1) is 0 Å². The summed E-state index contributed by atoms with van der Waals surface area (Å²) < 4.78 is 0.941. The Labute approximate surface area is 74.2 Å². The molecular formula is C6H6Cl2N2O. The van der Waals surface area contributed by atoms with Crippen molar-refractivity contribution in [2.24, 2.45) is 0 Å². The maximum atomic E-state index is 8.37. The van der Waals surface area contributed by atoms with E-state index >= 15 is 0 Å². The summed E-state index contributed by atoms with van der Waals surface area (Å²) in [4.78, 5) is 0. The Balaban J connectivity index is 2.81. The highest BCUT2D eigenvalue weighted by molar-refractivity contribution is 6.30. The van der Waals surface area contributed by atoms with Gasteiger partial charge in [-0.05, 0) is 24.3 Å². The number of nitrogens with zero attached hydrogens (tertiary/aromatic N) is 1. The van der Waals surface area contributed by atoms with Crippen molar-refractivity contribution in [1.29, 1.82) is 0 Å². The van der Waals surface area contributed by atoms with Crippen LogP contribution in [0.4, 0.5) is 5.69 Å². The predicted molar refractivity (Wildman–Crippen MR) is 44.7 cm³/mol. The fraction of sp³-hybridized carbons (Fsp3) is 0. The Bertz CT molecular complexity index is 227. The van der Waals surface area contributed by atoms with Crippen LogP contribution in [0.2, 0.25) is 5.02 Å². The van der Waals surface area contributed by atoms with Crippen LogP contribution < -0.4 is 10.1 Å². The molecule has 0 unspecified atom stereocenters. The van der Waals surface area contributed by atoms with Gasteiger partial charge in [0.1, 0.15) is 0 Å². The molecular weight excluding hydrogens is 187 g/mol. The van der Waals surface area contributed by atoms with Gasteiger partial charge in [-0.15, -0.1) is 5.59 Å². The van der Waals surface area contributed by atoms with Crippen LogP contribution >= 0.6 is 23.4 Å². The maximum Gasteiger partial charge on any atom is 0.0730 e. The van der Waals surface area contributed by atoms with Gasteiger partial charge in [-0.3, -0.25) is 5.21 Å². The van der Waals surface area contributed by atoms with Gasteiger partial charge in [-0.25, -0.2) is 0 Å². The van der Waals surface area contributed by atoms with E-state index in [4.69, 9.17) is 28.6 Å². The molecule has 0 amide bonds. The van der Waals surface area contributed by atoms with Gasteiger partial charge >= 0.3 is 0 Å². The fourth-order valence-electron chi connectivity index (χ4n) is 0.630. The molecule has 5 heteroatoms. The molecule has 0 aliphatic heterocycles. The molecule has 2 N–H and O–H groups in total. The van der Waals surface area contributed by atoms with Crippen LogP contribution in [0.5, 0.6) is 0 Å². The first-order chi connectivity index (χ1) is 5.24. The van der Waals surface area contributed by atoms with Crippen molar-refractivity contribution in [3.8, 4) is 0 Å². The first kappa shape index (κ1) is 8.62. The minimum Gasteiger partial charge on any atom is -0.296 e. The van der Waals surface area contributed by atoms with Crippen LogP contribution in [0.1, 0.15) is 0 Å². The molecule has 60 valence electrons. The van der Waals surface area contributed by atoms with Gasteiger partial charge in [0.15, 0.2) is 0 Å². The number of halogens is 2. The zero-order valence-electron chi connectivity index (χ0n) is 5.46. The summed E-state index contributed by atoms with van der Waals surface area (Å²) in [5.74, 6) is 0. The third-order valence-corrected chi connectivity index (χ3v) is 1.66. The van der Waals surface area contributed by atoms with E-state index in [9.17, 15) is 0 Å². The molecule has 0 saturated heterocycles. The zero-order chi connectivity index (χ0) is 8.27. The van der Waals surface area contributed by atoms with Gasteiger partial charge in [0.05, 0.1) is 5.69 Å². The van der Waals surface area contributed by atoms with E-state index in [1.54, 1.807) is 29.9 Å². The van der Waals surface area contributed by atoms with Crippen LogP contribution in [0.3, 0.4) is 0 Å². The first-order valence-electron chi connectivity index (χ1n) is 2.85. The third kappa shape index (κ3) is 2.24. The number of nitrogens with one attached hydrogen (secondary N) is 1. The standard InChI is InChI=1S/C6H6Cl2N2O/c7-5-1-3-6(4-2-5)10(8)9-11/h1-4,9,11H. The molecule has 1 aromatic carbocycles. The van der Waals surface area contributed by atoms with Crippen molar-refractivity contribution in [2.75, 3.05) is 4.53 Å². The third-order valence-electron chi connectivity index (χ3n) is 1.14. The summed E-state index contributed by atoms with van der Waals surface area (Å²) in [6.07, 6.45) is 0. The Morgan fingerprint density at radius 2 is 1.82 bits per heavy atom. The molecule has 1 rings (SSSR count). The average molecular weight is 193 g/mol. The van der Waals surface area contributed by atoms with Crippen molar-refractivity contribution < 1.29 is 5.21 Å². The molecule has 0 spiro atoms. The normalized spacial score (nSPS) is 9.73. The van der Waals surface area contributed by atoms with E-state index in [2.05, 4.69) is 0 Å². The number of rotatable bonds is 2. The van der Waals surface area contributed by atoms with Crippen LogP contribution in [-0.4, -0.2) is 5.21 Å². The highest BCUT2D eigenvalue weighted by Crippen LogP contribution is 2.17. The summed E-state index contributed by atoms with van der Waals surface area (Å²) in [5.41, 5.74) is 2.37. The van der Waals surface area contributed by atoms with Crippen LogP contribution in [0.15, 0.2) is 24.3 Å². The first-order valence-corrected chi connectivity index (χ1v) is 3.57. The van der Waals surface area contributed by atoms with Gasteiger partial charge in [-0.2, -0.15) is 4.53 Å². The maximum absolute atomic E-state index is 8.37. The molecule has 0 bridgehead atoms. The molecule has 11 heavy (non-hydrogen) atoms. The second-order valence-electron chi connectivity index (χ2n) is 1.86. The van der Waals surface area contributed by atoms with Crippen molar-refractivity contribution >= 4 is 29.1 Å². The van der Waals surface area contributed by atoms with E-state index in [0.717, 1.165) is 4.53 Å². The smallest absolute Gasteiger partial charge is 0.0730 e. The second kappa shape index (κ2) is 3.78. The van der Waals surface area contributed by atoms with E-state index in [1.807, 2.05) is 0 Å². The molecule has 0 aromatic heterocycles. The fourth-order valence-corrected chi connectivity index (χ4v) is 0.868. The lowest BCUT2D eigenvalue weighted by Crippen LogP contribution is -2.25. The van der Waals surface area contributed by atoms with Gasteiger partial charge in [0.25, 0.3) is 0 Å². The molecule has 0 heterocycles. The molecule has 0 fully saturated rings. The molecule has 0 atom stereocenters. The second-order valence-corrected chi connectivity index (χ2v) is 2.63. The predicted octanol–water partition coefficient (Wildman–Crippen LogP) is 2.19. The molecule has 0 aliphatic carbocycles. The molecule has 0 radical (unpaired) electrons. The number of hydrazine groups is 1. The summed E-state index contributed by atoms with van der Waals surface area (Å²) in [7, 11) is 0. The summed E-state index contributed by atoms with van der Waals surface area (Å²) >= 11 is 11.1. The summed E-state index contributed by atoms with van der Waals surface area (Å²) in [6.45, 7) is 0. The minimum absolute atomic E-state index is 0.610. The lowest BCUT2D eigenvalue weighted by molar-refractivity contribution is 0.175. The van der Waals surface area contributed by atoms with Crippen molar-refractivity contribution in [2.45, 2.75) is 0 Å². The Hall–Kier alpha value is -0.480. The Morgan fingerprint density at radius 1 is 1.27 bits per heavy atom. The quantitative estimate of drug-likeness (QED) is 0.558. The van der Waals surface area contributed by atoms with Gasteiger partial charge in [-0.1, -0.05) is 11.6 Å². The monoisotopic (exact) mass is 192 g/mol. The van der Waals surface area contributed by atoms with Gasteiger partial charge in [0, 0.05) is 16.8 Å². The zero-order valence-corrected chi connectivity index (χ0v) is 6.97. The van der Waals surface area contributed by atoms with Gasteiger partial charge < -0.3 is 0 Å².